The van der Waals surface area contributed by atoms with E-state index in [1.807, 2.05) is 0 Å². The van der Waals surface area contributed by atoms with Crippen molar-refractivity contribution >= 4 is 5.97 Å². The molecule has 0 spiro atoms. The normalized spacial score (nSPS) is 11.7. The lowest BCUT2D eigenvalue weighted by atomic mass is 9.90. The monoisotopic (exact) mass is 239 g/mol. The molecule has 0 aliphatic carbocycles. The molecule has 4 heteroatoms. The maximum atomic E-state index is 10.7. The van der Waals surface area contributed by atoms with Crippen LogP contribution in [0.15, 0.2) is 16.7 Å². The van der Waals surface area contributed by atoms with Crippen LogP contribution < -0.4 is 5.32 Å². The minimum atomic E-state index is -0.951. The number of hydrogen-bond acceptors (Lipinski definition) is 3. The summed E-state index contributed by atoms with van der Waals surface area (Å²) in [4.78, 5) is 10.7. The number of carboxylic acid groups (broad SMARTS) is 1. The topological polar surface area (TPSA) is 62.5 Å². The highest BCUT2D eigenvalue weighted by Crippen LogP contribution is 2.20. The van der Waals surface area contributed by atoms with Gasteiger partial charge in [-0.1, -0.05) is 20.8 Å². The van der Waals surface area contributed by atoms with E-state index in [-0.39, 0.29) is 11.1 Å². The largest absolute Gasteiger partial charge is 0.478 e. The Morgan fingerprint density at radius 1 is 1.35 bits per heavy atom. The van der Waals surface area contributed by atoms with Gasteiger partial charge in [-0.05, 0) is 25.3 Å². The summed E-state index contributed by atoms with van der Waals surface area (Å²) in [6.07, 6.45) is 4.43. The minimum absolute atomic E-state index is 0.121. The minimum Gasteiger partial charge on any atom is -0.478 e. The first-order valence-electron chi connectivity index (χ1n) is 6.12. The van der Waals surface area contributed by atoms with E-state index in [9.17, 15) is 4.79 Å². The Bertz CT molecular complexity index is 358. The lowest BCUT2D eigenvalue weighted by Crippen LogP contribution is -2.42. The fourth-order valence-corrected chi connectivity index (χ4v) is 1.99. The van der Waals surface area contributed by atoms with Crippen molar-refractivity contribution < 1.29 is 14.3 Å². The molecule has 1 heterocycles. The Labute approximate surface area is 102 Å². The van der Waals surface area contributed by atoms with Crippen LogP contribution in [-0.4, -0.2) is 16.6 Å². The van der Waals surface area contributed by atoms with Crippen LogP contribution in [0.2, 0.25) is 0 Å². The molecule has 1 aromatic heterocycles. The number of nitrogens with one attached hydrogen (secondary N) is 1. The zero-order valence-corrected chi connectivity index (χ0v) is 10.7. The summed E-state index contributed by atoms with van der Waals surface area (Å²) >= 11 is 0. The standard InChI is InChI=1S/C13H21NO3/c1-4-13(5-2,6-3)14-8-11-7-10(9-17-11)12(15)16/h7,9,14H,4-6,8H2,1-3H3,(H,15,16). The van der Waals surface area contributed by atoms with E-state index in [1.54, 1.807) is 6.07 Å². The van der Waals surface area contributed by atoms with Crippen LogP contribution in [-0.2, 0) is 6.54 Å². The highest BCUT2D eigenvalue weighted by Gasteiger charge is 2.23. The molecule has 0 atom stereocenters. The van der Waals surface area contributed by atoms with Crippen molar-refractivity contribution in [2.24, 2.45) is 0 Å². The fraction of sp³-hybridized carbons (Fsp3) is 0.615. The van der Waals surface area contributed by atoms with Crippen molar-refractivity contribution in [1.29, 1.82) is 0 Å². The van der Waals surface area contributed by atoms with Gasteiger partial charge in [0.2, 0.25) is 0 Å². The summed E-state index contributed by atoms with van der Waals surface area (Å²) in [5.74, 6) is -0.283. The molecule has 0 fully saturated rings. The predicted molar refractivity (Wildman–Crippen MR) is 66.1 cm³/mol. The summed E-state index contributed by atoms with van der Waals surface area (Å²) in [6, 6.07) is 1.57. The Morgan fingerprint density at radius 3 is 2.35 bits per heavy atom. The van der Waals surface area contributed by atoms with Gasteiger partial charge in [-0.2, -0.15) is 0 Å². The van der Waals surface area contributed by atoms with Crippen molar-refractivity contribution in [3.05, 3.63) is 23.7 Å². The first kappa shape index (κ1) is 13.8. The van der Waals surface area contributed by atoms with E-state index in [0.29, 0.717) is 12.3 Å². The lowest BCUT2D eigenvalue weighted by Gasteiger charge is -2.31. The van der Waals surface area contributed by atoms with E-state index in [1.165, 1.54) is 6.26 Å². The molecular weight excluding hydrogens is 218 g/mol. The molecule has 0 aliphatic rings. The van der Waals surface area contributed by atoms with Crippen LogP contribution in [0.25, 0.3) is 0 Å². The third kappa shape index (κ3) is 3.33. The Morgan fingerprint density at radius 2 is 1.94 bits per heavy atom. The van der Waals surface area contributed by atoms with Gasteiger partial charge in [-0.15, -0.1) is 0 Å². The zero-order chi connectivity index (χ0) is 12.9. The molecule has 17 heavy (non-hydrogen) atoms. The second-order valence-electron chi connectivity index (χ2n) is 4.30. The molecule has 0 saturated carbocycles. The number of hydrogen-bond donors (Lipinski definition) is 2. The predicted octanol–water partition coefficient (Wildman–Crippen LogP) is 3.04. The van der Waals surface area contributed by atoms with Crippen LogP contribution in [0, 0.1) is 0 Å². The molecular formula is C13H21NO3. The van der Waals surface area contributed by atoms with Gasteiger partial charge in [0.1, 0.15) is 12.0 Å². The van der Waals surface area contributed by atoms with Gasteiger partial charge < -0.3 is 14.8 Å². The summed E-state index contributed by atoms with van der Waals surface area (Å²) < 4.78 is 5.21. The van der Waals surface area contributed by atoms with Gasteiger partial charge >= 0.3 is 5.97 Å². The number of rotatable bonds is 7. The average Bonchev–Trinajstić information content (AvgIpc) is 2.81. The summed E-state index contributed by atoms with van der Waals surface area (Å²) in [7, 11) is 0. The molecule has 0 aromatic carbocycles. The first-order valence-corrected chi connectivity index (χ1v) is 6.12. The van der Waals surface area contributed by atoms with Crippen molar-refractivity contribution in [3.63, 3.8) is 0 Å². The molecule has 0 aliphatic heterocycles. The molecule has 1 rings (SSSR count). The summed E-state index contributed by atoms with van der Waals surface area (Å²) in [5, 5.41) is 12.2. The molecule has 0 saturated heterocycles. The molecule has 96 valence electrons. The highest BCUT2D eigenvalue weighted by atomic mass is 16.4. The van der Waals surface area contributed by atoms with Gasteiger partial charge in [0.05, 0.1) is 12.1 Å². The van der Waals surface area contributed by atoms with E-state index in [2.05, 4.69) is 26.1 Å². The first-order chi connectivity index (χ1) is 8.06. The van der Waals surface area contributed by atoms with E-state index < -0.39 is 5.97 Å². The van der Waals surface area contributed by atoms with Crippen molar-refractivity contribution in [2.45, 2.75) is 52.1 Å². The van der Waals surface area contributed by atoms with E-state index in [0.717, 1.165) is 19.3 Å². The molecule has 0 amide bonds. The highest BCUT2D eigenvalue weighted by molar-refractivity contribution is 5.87. The van der Waals surface area contributed by atoms with Gasteiger partial charge in [-0.25, -0.2) is 4.79 Å². The summed E-state index contributed by atoms with van der Waals surface area (Å²) in [6.45, 7) is 7.04. The van der Waals surface area contributed by atoms with Crippen LogP contribution >= 0.6 is 0 Å². The third-order valence-electron chi connectivity index (χ3n) is 3.57. The van der Waals surface area contributed by atoms with E-state index in [4.69, 9.17) is 9.52 Å². The van der Waals surface area contributed by atoms with Crippen LogP contribution in [0.1, 0.15) is 56.2 Å². The number of carboxylic acids is 1. The van der Waals surface area contributed by atoms with Crippen molar-refractivity contribution in [2.75, 3.05) is 0 Å². The molecule has 0 unspecified atom stereocenters. The Kier molecular flexibility index (Phi) is 4.75. The Hall–Kier alpha value is -1.29. The maximum Gasteiger partial charge on any atom is 0.338 e. The van der Waals surface area contributed by atoms with Crippen molar-refractivity contribution in [3.8, 4) is 0 Å². The summed E-state index contributed by atoms with van der Waals surface area (Å²) in [5.41, 5.74) is 0.327. The van der Waals surface area contributed by atoms with Crippen LogP contribution in [0.3, 0.4) is 0 Å². The third-order valence-corrected chi connectivity index (χ3v) is 3.57. The van der Waals surface area contributed by atoms with Gasteiger partial charge in [0, 0.05) is 5.54 Å². The van der Waals surface area contributed by atoms with Gasteiger partial charge in [-0.3, -0.25) is 0 Å². The molecule has 1 aromatic rings. The zero-order valence-electron chi connectivity index (χ0n) is 10.7. The molecule has 2 N–H and O–H groups in total. The fourth-order valence-electron chi connectivity index (χ4n) is 1.99. The second kappa shape index (κ2) is 5.87. The van der Waals surface area contributed by atoms with Gasteiger partial charge in [0.15, 0.2) is 0 Å². The second-order valence-corrected chi connectivity index (χ2v) is 4.30. The quantitative estimate of drug-likeness (QED) is 0.767. The van der Waals surface area contributed by atoms with Crippen molar-refractivity contribution in [1.82, 2.24) is 5.32 Å². The number of aromatic carboxylic acids is 1. The van der Waals surface area contributed by atoms with Crippen LogP contribution in [0.4, 0.5) is 0 Å². The smallest absolute Gasteiger partial charge is 0.338 e. The van der Waals surface area contributed by atoms with Crippen LogP contribution in [0.5, 0.6) is 0 Å². The molecule has 0 bridgehead atoms. The molecule has 4 nitrogen and oxygen atoms in total. The average molecular weight is 239 g/mol. The number of carbonyl (C=O) groups is 1. The maximum absolute atomic E-state index is 10.7. The molecule has 0 radical (unpaired) electrons. The lowest BCUT2D eigenvalue weighted by molar-refractivity contribution is 0.0696. The Balaban J connectivity index is 2.62. The number of furan rings is 1. The van der Waals surface area contributed by atoms with E-state index >= 15 is 0 Å². The van der Waals surface area contributed by atoms with Gasteiger partial charge in [0.25, 0.3) is 0 Å². The SMILES string of the molecule is CCC(CC)(CC)NCc1cc(C(=O)O)co1.